The lowest BCUT2D eigenvalue weighted by atomic mass is 10.1. The molecule has 8 heteroatoms. The minimum atomic E-state index is -0.444. The van der Waals surface area contributed by atoms with E-state index in [9.17, 15) is 9.59 Å². The number of aliphatic hydroxyl groups excluding tert-OH is 1. The quantitative estimate of drug-likeness (QED) is 0.806. The highest BCUT2D eigenvalue weighted by molar-refractivity contribution is 6.38. The minimum Gasteiger partial charge on any atom is -0.395 e. The zero-order valence-corrected chi connectivity index (χ0v) is 14.6. The summed E-state index contributed by atoms with van der Waals surface area (Å²) in [5.41, 5.74) is 0.387. The van der Waals surface area contributed by atoms with Crippen LogP contribution in [0, 0.1) is 0 Å². The summed E-state index contributed by atoms with van der Waals surface area (Å²) in [6.07, 6.45) is 0.164. The van der Waals surface area contributed by atoms with Gasteiger partial charge < -0.3 is 5.11 Å². The molecule has 2 amide bonds. The van der Waals surface area contributed by atoms with Gasteiger partial charge in [-0.25, -0.2) is 4.90 Å². The molecule has 2 aliphatic heterocycles. The van der Waals surface area contributed by atoms with Crippen LogP contribution in [0.3, 0.4) is 0 Å². The zero-order chi connectivity index (χ0) is 17.3. The van der Waals surface area contributed by atoms with Crippen molar-refractivity contribution < 1.29 is 14.7 Å². The van der Waals surface area contributed by atoms with Crippen molar-refractivity contribution in [1.82, 2.24) is 9.80 Å². The van der Waals surface area contributed by atoms with E-state index < -0.39 is 6.04 Å². The van der Waals surface area contributed by atoms with Gasteiger partial charge in [0.25, 0.3) is 5.91 Å². The number of hydrogen-bond donors (Lipinski definition) is 1. The second-order valence-corrected chi connectivity index (χ2v) is 6.83. The van der Waals surface area contributed by atoms with E-state index in [0.717, 1.165) is 13.1 Å². The molecule has 2 fully saturated rings. The van der Waals surface area contributed by atoms with Gasteiger partial charge in [-0.3, -0.25) is 19.4 Å². The Hall–Kier alpha value is -1.18. The van der Waals surface area contributed by atoms with E-state index in [1.54, 1.807) is 12.1 Å². The number of benzene rings is 1. The standard InChI is InChI=1S/C16H19Cl2N3O3/c17-11-1-2-13(12(18)9-11)21-15(23)10-14(16(21)24)20-5-3-19(4-6-20)7-8-22/h1-2,9,14,22H,3-8,10H2/t14-/m0/s1. The van der Waals surface area contributed by atoms with Crippen LogP contribution in [0.4, 0.5) is 5.69 Å². The first-order valence-electron chi connectivity index (χ1n) is 7.90. The first kappa shape index (κ1) is 17.6. The lowest BCUT2D eigenvalue weighted by Gasteiger charge is -2.36. The van der Waals surface area contributed by atoms with Crippen LogP contribution in [0.1, 0.15) is 6.42 Å². The number of halogens is 2. The Labute approximate surface area is 150 Å². The number of amides is 2. The van der Waals surface area contributed by atoms with Crippen LogP contribution in [0.15, 0.2) is 18.2 Å². The van der Waals surface area contributed by atoms with Crippen molar-refractivity contribution in [3.63, 3.8) is 0 Å². The molecule has 0 radical (unpaired) electrons. The number of aliphatic hydroxyl groups is 1. The minimum absolute atomic E-state index is 0.129. The van der Waals surface area contributed by atoms with Crippen molar-refractivity contribution >= 4 is 40.7 Å². The molecule has 6 nitrogen and oxygen atoms in total. The van der Waals surface area contributed by atoms with Gasteiger partial charge in [-0.2, -0.15) is 0 Å². The molecule has 0 saturated carbocycles. The first-order chi connectivity index (χ1) is 11.5. The predicted octanol–water partition coefficient (Wildman–Crippen LogP) is 1.24. The Morgan fingerprint density at radius 2 is 1.83 bits per heavy atom. The molecule has 0 unspecified atom stereocenters. The van der Waals surface area contributed by atoms with E-state index in [1.165, 1.54) is 11.0 Å². The third kappa shape index (κ3) is 3.43. The average Bonchev–Trinajstić information content (AvgIpc) is 2.84. The smallest absolute Gasteiger partial charge is 0.251 e. The van der Waals surface area contributed by atoms with Crippen LogP contribution >= 0.6 is 23.2 Å². The first-order valence-corrected chi connectivity index (χ1v) is 8.66. The van der Waals surface area contributed by atoms with Crippen LogP contribution in [0.5, 0.6) is 0 Å². The summed E-state index contributed by atoms with van der Waals surface area (Å²) in [5.74, 6) is -0.480. The number of nitrogens with zero attached hydrogens (tertiary/aromatic N) is 3. The molecular formula is C16H19Cl2N3O3. The number of anilines is 1. The van der Waals surface area contributed by atoms with E-state index in [2.05, 4.69) is 4.90 Å². The highest BCUT2D eigenvalue weighted by atomic mass is 35.5. The van der Waals surface area contributed by atoms with Gasteiger partial charge in [0.1, 0.15) is 0 Å². The van der Waals surface area contributed by atoms with E-state index in [4.69, 9.17) is 28.3 Å². The number of rotatable bonds is 4. The van der Waals surface area contributed by atoms with E-state index in [1.807, 2.05) is 4.90 Å². The van der Waals surface area contributed by atoms with Gasteiger partial charge in [0.2, 0.25) is 5.91 Å². The second kappa shape index (κ2) is 7.37. The van der Waals surface area contributed by atoms with E-state index in [0.29, 0.717) is 30.3 Å². The molecule has 2 heterocycles. The fourth-order valence-corrected chi connectivity index (χ4v) is 3.75. The summed E-state index contributed by atoms with van der Waals surface area (Å²) in [6.45, 7) is 3.72. The number of piperazine rings is 1. The predicted molar refractivity (Wildman–Crippen MR) is 92.5 cm³/mol. The maximum absolute atomic E-state index is 12.8. The molecule has 1 atom stereocenters. The lowest BCUT2D eigenvalue weighted by molar-refractivity contribution is -0.123. The Bertz CT molecular complexity index is 647. The SMILES string of the molecule is O=C1C[C@H](N2CCN(CCO)CC2)C(=O)N1c1ccc(Cl)cc1Cl. The van der Waals surface area contributed by atoms with Gasteiger partial charge >= 0.3 is 0 Å². The highest BCUT2D eigenvalue weighted by Crippen LogP contribution is 2.33. The molecule has 3 rings (SSSR count). The number of imide groups is 1. The molecule has 0 spiro atoms. The monoisotopic (exact) mass is 371 g/mol. The van der Waals surface area contributed by atoms with Crippen LogP contribution in [0.25, 0.3) is 0 Å². The van der Waals surface area contributed by atoms with Crippen molar-refractivity contribution in [3.05, 3.63) is 28.2 Å². The average molecular weight is 372 g/mol. The van der Waals surface area contributed by atoms with Crippen molar-refractivity contribution in [3.8, 4) is 0 Å². The second-order valence-electron chi connectivity index (χ2n) is 5.98. The van der Waals surface area contributed by atoms with Gasteiger partial charge in [-0.05, 0) is 18.2 Å². The van der Waals surface area contributed by atoms with Gasteiger partial charge in [0.05, 0.1) is 29.8 Å². The van der Waals surface area contributed by atoms with Crippen molar-refractivity contribution in [1.29, 1.82) is 0 Å². The summed E-state index contributed by atoms with van der Waals surface area (Å²) in [5, 5.41) is 9.74. The maximum Gasteiger partial charge on any atom is 0.251 e. The summed E-state index contributed by atoms with van der Waals surface area (Å²) in [4.78, 5) is 30.5. The fraction of sp³-hybridized carbons (Fsp3) is 0.500. The zero-order valence-electron chi connectivity index (χ0n) is 13.1. The Kier molecular flexibility index (Phi) is 5.42. The van der Waals surface area contributed by atoms with Crippen molar-refractivity contribution in [2.24, 2.45) is 0 Å². The largest absolute Gasteiger partial charge is 0.395 e. The number of β-amino-alcohol motifs (C(OH)–C–C–N with tert-alkyl or cyclic N) is 1. The van der Waals surface area contributed by atoms with Gasteiger partial charge in [0.15, 0.2) is 0 Å². The molecule has 2 aliphatic rings. The molecule has 1 aromatic rings. The normalized spacial score (nSPS) is 23.3. The Morgan fingerprint density at radius 1 is 1.12 bits per heavy atom. The third-order valence-corrected chi connectivity index (χ3v) is 5.08. The highest BCUT2D eigenvalue weighted by Gasteiger charge is 2.43. The van der Waals surface area contributed by atoms with Crippen LogP contribution in [-0.2, 0) is 9.59 Å². The van der Waals surface area contributed by atoms with Gasteiger partial charge in [-0.15, -0.1) is 0 Å². The maximum atomic E-state index is 12.8. The molecule has 130 valence electrons. The summed E-state index contributed by atoms with van der Waals surface area (Å²) >= 11 is 12.0. The number of carbonyl (C=O) groups excluding carboxylic acids is 2. The van der Waals surface area contributed by atoms with Crippen molar-refractivity contribution in [2.75, 3.05) is 44.2 Å². The molecule has 2 saturated heterocycles. The Morgan fingerprint density at radius 3 is 2.46 bits per heavy atom. The van der Waals surface area contributed by atoms with Crippen molar-refractivity contribution in [2.45, 2.75) is 12.5 Å². The molecule has 1 aromatic carbocycles. The third-order valence-electron chi connectivity index (χ3n) is 4.54. The molecular weight excluding hydrogens is 353 g/mol. The van der Waals surface area contributed by atoms with Gasteiger partial charge in [0, 0.05) is 37.7 Å². The molecule has 0 bridgehead atoms. The molecule has 0 aromatic heterocycles. The number of carbonyl (C=O) groups is 2. The Balaban J connectivity index is 1.73. The van der Waals surface area contributed by atoms with Crippen LogP contribution < -0.4 is 4.90 Å². The van der Waals surface area contributed by atoms with Crippen LogP contribution in [-0.4, -0.2) is 72.1 Å². The fourth-order valence-electron chi connectivity index (χ4n) is 3.26. The van der Waals surface area contributed by atoms with E-state index in [-0.39, 0.29) is 29.9 Å². The summed E-state index contributed by atoms with van der Waals surface area (Å²) in [6, 6.07) is 4.30. The van der Waals surface area contributed by atoms with Gasteiger partial charge in [-0.1, -0.05) is 23.2 Å². The topological polar surface area (TPSA) is 64.1 Å². The lowest BCUT2D eigenvalue weighted by Crippen LogP contribution is -2.53. The molecule has 1 N–H and O–H groups in total. The summed E-state index contributed by atoms with van der Waals surface area (Å²) in [7, 11) is 0. The van der Waals surface area contributed by atoms with E-state index >= 15 is 0 Å². The molecule has 24 heavy (non-hydrogen) atoms. The van der Waals surface area contributed by atoms with Crippen LogP contribution in [0.2, 0.25) is 10.0 Å². The summed E-state index contributed by atoms with van der Waals surface area (Å²) < 4.78 is 0. The number of hydrogen-bond acceptors (Lipinski definition) is 5. The molecule has 0 aliphatic carbocycles.